The highest BCUT2D eigenvalue weighted by atomic mass is 16.4. The number of nitrogens with one attached hydrogen (secondary N) is 1. The lowest BCUT2D eigenvalue weighted by molar-refractivity contribution is -0.139. The number of aliphatic hydroxyl groups is 1. The number of aliphatic hydroxyl groups excluding tert-OH is 1. The summed E-state index contributed by atoms with van der Waals surface area (Å²) < 4.78 is 0. The molecular formula is C15H21NO4. The molecule has 1 rings (SSSR count). The Balaban J connectivity index is 3.05. The van der Waals surface area contributed by atoms with Gasteiger partial charge in [0.1, 0.15) is 12.1 Å². The van der Waals surface area contributed by atoms with Crippen molar-refractivity contribution >= 4 is 11.8 Å². The summed E-state index contributed by atoms with van der Waals surface area (Å²) in [6.07, 6.45) is -0.882. The van der Waals surface area contributed by atoms with E-state index in [2.05, 4.69) is 5.32 Å². The van der Waals surface area contributed by atoms with E-state index in [9.17, 15) is 14.7 Å². The number of likely N-dealkylation sites (N-methyl/N-ethyl adjacent to an activating group) is 1. The lowest BCUT2D eigenvalue weighted by Gasteiger charge is -2.17. The van der Waals surface area contributed by atoms with E-state index in [1.54, 1.807) is 45.2 Å². The van der Waals surface area contributed by atoms with Gasteiger partial charge in [-0.05, 0) is 24.9 Å². The van der Waals surface area contributed by atoms with Gasteiger partial charge in [-0.1, -0.05) is 38.1 Å². The molecule has 3 N–H and O–H groups in total. The molecule has 1 aromatic rings. The molecule has 0 spiro atoms. The summed E-state index contributed by atoms with van der Waals surface area (Å²) in [5.41, 5.74) is 1.01. The van der Waals surface area contributed by atoms with Crippen LogP contribution in [-0.4, -0.2) is 41.2 Å². The fourth-order valence-electron chi connectivity index (χ4n) is 1.93. The number of hydrogen-bond acceptors (Lipinski definition) is 4. The van der Waals surface area contributed by atoms with Crippen LogP contribution in [0.15, 0.2) is 24.3 Å². The molecule has 0 saturated heterocycles. The Kier molecular flexibility index (Phi) is 5.85. The molecule has 0 amide bonds. The molecular weight excluding hydrogens is 258 g/mol. The average molecular weight is 279 g/mol. The van der Waals surface area contributed by atoms with Gasteiger partial charge in [0.2, 0.25) is 0 Å². The SMILES string of the molecule is CN[C@H](Cc1ccccc1C(=O)[C@H](O)C(C)C)C(=O)O. The van der Waals surface area contributed by atoms with E-state index in [1.807, 2.05) is 0 Å². The molecule has 110 valence electrons. The van der Waals surface area contributed by atoms with Gasteiger partial charge in [0.05, 0.1) is 0 Å². The number of benzene rings is 1. The van der Waals surface area contributed by atoms with Crippen molar-refractivity contribution < 1.29 is 19.8 Å². The van der Waals surface area contributed by atoms with Crippen LogP contribution in [0, 0.1) is 5.92 Å². The Labute approximate surface area is 118 Å². The largest absolute Gasteiger partial charge is 0.480 e. The fraction of sp³-hybridized carbons (Fsp3) is 0.467. The van der Waals surface area contributed by atoms with Crippen molar-refractivity contribution in [2.45, 2.75) is 32.4 Å². The Hall–Kier alpha value is -1.72. The van der Waals surface area contributed by atoms with Crippen LogP contribution in [0.3, 0.4) is 0 Å². The molecule has 1 aromatic carbocycles. The molecule has 5 nitrogen and oxygen atoms in total. The average Bonchev–Trinajstić information content (AvgIpc) is 2.43. The van der Waals surface area contributed by atoms with E-state index in [0.29, 0.717) is 11.1 Å². The number of rotatable bonds is 7. The van der Waals surface area contributed by atoms with Gasteiger partial charge in [-0.15, -0.1) is 0 Å². The summed E-state index contributed by atoms with van der Waals surface area (Å²) in [5.74, 6) is -1.52. The van der Waals surface area contributed by atoms with Crippen molar-refractivity contribution in [3.05, 3.63) is 35.4 Å². The van der Waals surface area contributed by atoms with Crippen LogP contribution in [0.4, 0.5) is 0 Å². The maximum absolute atomic E-state index is 12.2. The van der Waals surface area contributed by atoms with Crippen molar-refractivity contribution in [2.75, 3.05) is 7.05 Å². The van der Waals surface area contributed by atoms with Gasteiger partial charge < -0.3 is 15.5 Å². The number of carboxylic acid groups (broad SMARTS) is 1. The van der Waals surface area contributed by atoms with E-state index >= 15 is 0 Å². The summed E-state index contributed by atoms with van der Waals surface area (Å²) in [7, 11) is 1.56. The van der Waals surface area contributed by atoms with Crippen molar-refractivity contribution in [1.29, 1.82) is 0 Å². The molecule has 0 bridgehead atoms. The van der Waals surface area contributed by atoms with E-state index < -0.39 is 18.1 Å². The predicted octanol–water partition coefficient (Wildman–Crippen LogP) is 1.10. The molecule has 0 unspecified atom stereocenters. The fourth-order valence-corrected chi connectivity index (χ4v) is 1.93. The van der Waals surface area contributed by atoms with E-state index in [1.165, 1.54) is 0 Å². The number of hydrogen-bond donors (Lipinski definition) is 3. The zero-order valence-corrected chi connectivity index (χ0v) is 12.0. The smallest absolute Gasteiger partial charge is 0.321 e. The normalized spacial score (nSPS) is 14.1. The molecule has 0 radical (unpaired) electrons. The van der Waals surface area contributed by atoms with Crippen molar-refractivity contribution in [3.63, 3.8) is 0 Å². The van der Waals surface area contributed by atoms with Crippen LogP contribution in [-0.2, 0) is 11.2 Å². The standard InChI is InChI=1S/C15H21NO4/c1-9(2)13(17)14(18)11-7-5-4-6-10(11)8-12(16-3)15(19)20/h4-7,9,12-13,16-17H,8H2,1-3H3,(H,19,20)/t12-,13-/m1/s1. The lowest BCUT2D eigenvalue weighted by atomic mass is 9.92. The Morgan fingerprint density at radius 3 is 2.35 bits per heavy atom. The molecule has 2 atom stereocenters. The van der Waals surface area contributed by atoms with E-state index in [0.717, 1.165) is 0 Å². The number of carbonyl (C=O) groups excluding carboxylic acids is 1. The molecule has 0 aliphatic heterocycles. The van der Waals surface area contributed by atoms with Crippen LogP contribution >= 0.6 is 0 Å². The molecule has 0 aliphatic rings. The quantitative estimate of drug-likeness (QED) is 0.651. The van der Waals surface area contributed by atoms with Crippen LogP contribution in [0.25, 0.3) is 0 Å². The number of carboxylic acids is 1. The van der Waals surface area contributed by atoms with E-state index in [4.69, 9.17) is 5.11 Å². The van der Waals surface area contributed by atoms with Gasteiger partial charge in [-0.2, -0.15) is 0 Å². The van der Waals surface area contributed by atoms with Gasteiger partial charge in [0.15, 0.2) is 5.78 Å². The van der Waals surface area contributed by atoms with Crippen LogP contribution in [0.1, 0.15) is 29.8 Å². The van der Waals surface area contributed by atoms with Crippen LogP contribution in [0.2, 0.25) is 0 Å². The molecule has 5 heteroatoms. The second-order valence-corrected chi connectivity index (χ2v) is 5.09. The Morgan fingerprint density at radius 1 is 1.25 bits per heavy atom. The molecule has 0 saturated carbocycles. The first-order valence-corrected chi connectivity index (χ1v) is 6.58. The van der Waals surface area contributed by atoms with Crippen LogP contribution < -0.4 is 5.32 Å². The first-order chi connectivity index (χ1) is 9.38. The van der Waals surface area contributed by atoms with Crippen molar-refractivity contribution in [3.8, 4) is 0 Å². The molecule has 0 aromatic heterocycles. The first-order valence-electron chi connectivity index (χ1n) is 6.58. The molecule has 0 fully saturated rings. The number of ketones is 1. The molecule has 20 heavy (non-hydrogen) atoms. The number of aliphatic carboxylic acids is 1. The number of Topliss-reactive ketones (excluding diaryl/α,β-unsaturated/α-hetero) is 1. The third-order valence-corrected chi connectivity index (χ3v) is 3.25. The Bertz CT molecular complexity index is 485. The highest BCUT2D eigenvalue weighted by molar-refractivity contribution is 6.00. The van der Waals surface area contributed by atoms with Gasteiger partial charge in [0.25, 0.3) is 0 Å². The lowest BCUT2D eigenvalue weighted by Crippen LogP contribution is -2.36. The predicted molar refractivity (Wildman–Crippen MR) is 75.8 cm³/mol. The first kappa shape index (κ1) is 16.3. The summed E-state index contributed by atoms with van der Waals surface area (Å²) in [6.45, 7) is 3.53. The maximum Gasteiger partial charge on any atom is 0.321 e. The summed E-state index contributed by atoms with van der Waals surface area (Å²) in [4.78, 5) is 23.3. The minimum absolute atomic E-state index is 0.185. The second kappa shape index (κ2) is 7.17. The monoisotopic (exact) mass is 279 g/mol. The summed E-state index contributed by atoms with van der Waals surface area (Å²) in [5, 5.41) is 21.7. The van der Waals surface area contributed by atoms with Gasteiger partial charge >= 0.3 is 5.97 Å². The minimum Gasteiger partial charge on any atom is -0.480 e. The topological polar surface area (TPSA) is 86.6 Å². The van der Waals surface area contributed by atoms with Crippen molar-refractivity contribution in [2.24, 2.45) is 5.92 Å². The third kappa shape index (κ3) is 3.88. The second-order valence-electron chi connectivity index (χ2n) is 5.09. The van der Waals surface area contributed by atoms with Crippen LogP contribution in [0.5, 0.6) is 0 Å². The zero-order valence-electron chi connectivity index (χ0n) is 12.0. The summed E-state index contributed by atoms with van der Waals surface area (Å²) >= 11 is 0. The molecule has 0 heterocycles. The van der Waals surface area contributed by atoms with E-state index in [-0.39, 0.29) is 18.1 Å². The van der Waals surface area contributed by atoms with Gasteiger partial charge in [-0.3, -0.25) is 9.59 Å². The minimum atomic E-state index is -1.07. The highest BCUT2D eigenvalue weighted by Crippen LogP contribution is 2.16. The van der Waals surface area contributed by atoms with Gasteiger partial charge in [-0.25, -0.2) is 0 Å². The zero-order chi connectivity index (χ0) is 15.3. The Morgan fingerprint density at radius 2 is 1.85 bits per heavy atom. The number of carbonyl (C=O) groups is 2. The van der Waals surface area contributed by atoms with Gasteiger partial charge in [0, 0.05) is 5.56 Å². The maximum atomic E-state index is 12.2. The summed E-state index contributed by atoms with van der Waals surface area (Å²) in [6, 6.07) is 6.03. The molecule has 0 aliphatic carbocycles. The van der Waals surface area contributed by atoms with Crippen molar-refractivity contribution in [1.82, 2.24) is 5.32 Å². The highest BCUT2D eigenvalue weighted by Gasteiger charge is 2.24. The third-order valence-electron chi connectivity index (χ3n) is 3.25.